The summed E-state index contributed by atoms with van der Waals surface area (Å²) in [5.41, 5.74) is 1.64. The predicted molar refractivity (Wildman–Crippen MR) is 108 cm³/mol. The highest BCUT2D eigenvalue weighted by Crippen LogP contribution is 2.23. The number of hydrogen-bond acceptors (Lipinski definition) is 6. The Kier molecular flexibility index (Phi) is 6.60. The van der Waals surface area contributed by atoms with E-state index in [4.69, 9.17) is 9.15 Å². The van der Waals surface area contributed by atoms with Crippen molar-refractivity contribution in [1.82, 2.24) is 4.98 Å². The number of ether oxygens (including phenoxy) is 1. The van der Waals surface area contributed by atoms with Gasteiger partial charge in [-0.3, -0.25) is 14.5 Å². The third-order valence-electron chi connectivity index (χ3n) is 4.14. The van der Waals surface area contributed by atoms with Gasteiger partial charge in [-0.25, -0.2) is 4.98 Å². The number of anilines is 1. The van der Waals surface area contributed by atoms with Crippen molar-refractivity contribution >= 4 is 28.3 Å². The second-order valence-electron chi connectivity index (χ2n) is 6.18. The number of rotatable bonds is 8. The van der Waals surface area contributed by atoms with E-state index in [0.717, 1.165) is 17.1 Å². The molecule has 0 aliphatic rings. The first-order valence-corrected chi connectivity index (χ1v) is 9.97. The molecule has 6 nitrogen and oxygen atoms in total. The van der Waals surface area contributed by atoms with Crippen molar-refractivity contribution in [2.75, 3.05) is 11.4 Å². The molecule has 146 valence electrons. The Morgan fingerprint density at radius 1 is 1.18 bits per heavy atom. The zero-order chi connectivity index (χ0) is 19.9. The lowest BCUT2D eigenvalue weighted by Crippen LogP contribution is -2.27. The molecule has 0 aliphatic carbocycles. The summed E-state index contributed by atoms with van der Waals surface area (Å²) in [5, 5.41) is 2.41. The fourth-order valence-electron chi connectivity index (χ4n) is 2.70. The maximum Gasteiger partial charge on any atom is 0.306 e. The van der Waals surface area contributed by atoms with Crippen molar-refractivity contribution in [3.8, 4) is 11.3 Å². The van der Waals surface area contributed by atoms with Crippen LogP contribution in [0.3, 0.4) is 0 Å². The second kappa shape index (κ2) is 9.32. The maximum absolute atomic E-state index is 12.0. The van der Waals surface area contributed by atoms with Gasteiger partial charge < -0.3 is 9.15 Å². The van der Waals surface area contributed by atoms with Gasteiger partial charge in [0, 0.05) is 30.8 Å². The SMILES string of the molecule is CCN(C(C)=O)c1nc(COC(=O)CCc2ccc(-c3ccccc3)o2)cs1. The lowest BCUT2D eigenvalue weighted by molar-refractivity contribution is -0.145. The minimum Gasteiger partial charge on any atom is -0.461 e. The summed E-state index contributed by atoms with van der Waals surface area (Å²) in [4.78, 5) is 29.5. The van der Waals surface area contributed by atoms with Gasteiger partial charge in [0.25, 0.3) is 0 Å². The summed E-state index contributed by atoms with van der Waals surface area (Å²) >= 11 is 1.36. The molecule has 2 heterocycles. The van der Waals surface area contributed by atoms with Crippen molar-refractivity contribution in [3.63, 3.8) is 0 Å². The molecule has 0 aliphatic heterocycles. The van der Waals surface area contributed by atoms with Crippen LogP contribution in [-0.2, 0) is 27.4 Å². The fourth-order valence-corrected chi connectivity index (χ4v) is 3.62. The number of hydrogen-bond donors (Lipinski definition) is 0. The standard InChI is InChI=1S/C21H22N2O4S/c1-3-23(15(2)24)21-22-17(14-28-21)13-26-20(25)12-10-18-9-11-19(27-18)16-7-5-4-6-8-16/h4-9,11,14H,3,10,12-13H2,1-2H3. The smallest absolute Gasteiger partial charge is 0.306 e. The molecule has 0 saturated carbocycles. The van der Waals surface area contributed by atoms with E-state index in [1.165, 1.54) is 18.3 Å². The number of carbonyl (C=O) groups is 2. The molecule has 1 amide bonds. The minimum atomic E-state index is -0.314. The molecule has 3 aromatic rings. The molecule has 0 spiro atoms. The average Bonchev–Trinajstić information content (AvgIpc) is 3.35. The zero-order valence-electron chi connectivity index (χ0n) is 15.9. The van der Waals surface area contributed by atoms with E-state index in [1.807, 2.05) is 49.4 Å². The number of esters is 1. The van der Waals surface area contributed by atoms with E-state index < -0.39 is 0 Å². The molecule has 0 bridgehead atoms. The van der Waals surface area contributed by atoms with Crippen LogP contribution < -0.4 is 4.90 Å². The Morgan fingerprint density at radius 2 is 1.96 bits per heavy atom. The topological polar surface area (TPSA) is 72.6 Å². The van der Waals surface area contributed by atoms with Gasteiger partial charge in [-0.2, -0.15) is 0 Å². The summed E-state index contributed by atoms with van der Waals surface area (Å²) in [7, 11) is 0. The molecule has 0 N–H and O–H groups in total. The van der Waals surface area contributed by atoms with Crippen molar-refractivity contribution in [2.24, 2.45) is 0 Å². The van der Waals surface area contributed by atoms with Crippen LogP contribution in [0.2, 0.25) is 0 Å². The highest BCUT2D eigenvalue weighted by Gasteiger charge is 2.14. The van der Waals surface area contributed by atoms with E-state index in [9.17, 15) is 9.59 Å². The zero-order valence-corrected chi connectivity index (χ0v) is 16.7. The molecular formula is C21H22N2O4S. The number of aryl methyl sites for hydroxylation is 1. The molecule has 7 heteroatoms. The van der Waals surface area contributed by atoms with E-state index in [1.54, 1.807) is 10.3 Å². The van der Waals surface area contributed by atoms with Gasteiger partial charge in [-0.05, 0) is 19.1 Å². The molecule has 3 rings (SSSR count). The Bertz CT molecular complexity index is 933. The van der Waals surface area contributed by atoms with Gasteiger partial charge in [-0.15, -0.1) is 11.3 Å². The maximum atomic E-state index is 12.0. The van der Waals surface area contributed by atoms with Gasteiger partial charge in [-0.1, -0.05) is 30.3 Å². The van der Waals surface area contributed by atoms with Crippen molar-refractivity contribution < 1.29 is 18.7 Å². The van der Waals surface area contributed by atoms with Crippen molar-refractivity contribution in [2.45, 2.75) is 33.3 Å². The largest absolute Gasteiger partial charge is 0.461 e. The summed E-state index contributed by atoms with van der Waals surface area (Å²) < 4.78 is 11.1. The number of amides is 1. The fraction of sp³-hybridized carbons (Fsp3) is 0.286. The lowest BCUT2D eigenvalue weighted by Gasteiger charge is -2.14. The molecule has 0 saturated heterocycles. The van der Waals surface area contributed by atoms with Gasteiger partial charge >= 0.3 is 5.97 Å². The number of furan rings is 1. The molecule has 0 atom stereocenters. The van der Waals surface area contributed by atoms with E-state index >= 15 is 0 Å². The third kappa shape index (κ3) is 5.07. The number of thiazole rings is 1. The summed E-state index contributed by atoms with van der Waals surface area (Å²) in [5.74, 6) is 1.15. The second-order valence-corrected chi connectivity index (χ2v) is 7.01. The highest BCUT2D eigenvalue weighted by molar-refractivity contribution is 7.14. The van der Waals surface area contributed by atoms with Crippen LogP contribution in [0.1, 0.15) is 31.7 Å². The Hall–Kier alpha value is -2.93. The molecule has 28 heavy (non-hydrogen) atoms. The molecule has 2 aromatic heterocycles. The van der Waals surface area contributed by atoms with Crippen molar-refractivity contribution in [1.29, 1.82) is 0 Å². The first kappa shape index (κ1) is 19.8. The van der Waals surface area contributed by atoms with Crippen molar-refractivity contribution in [3.05, 3.63) is 59.3 Å². The van der Waals surface area contributed by atoms with Crippen LogP contribution in [-0.4, -0.2) is 23.4 Å². The van der Waals surface area contributed by atoms with Gasteiger partial charge in [0.15, 0.2) is 5.13 Å². The quantitative estimate of drug-likeness (QED) is 0.524. The molecule has 0 fully saturated rings. The minimum absolute atomic E-state index is 0.0614. The van der Waals surface area contributed by atoms with Gasteiger partial charge in [0.1, 0.15) is 18.1 Å². The van der Waals surface area contributed by atoms with Gasteiger partial charge in [0.05, 0.1) is 12.1 Å². The molecular weight excluding hydrogens is 376 g/mol. The van der Waals surface area contributed by atoms with Crippen LogP contribution in [0, 0.1) is 0 Å². The highest BCUT2D eigenvalue weighted by atomic mass is 32.1. The summed E-state index contributed by atoms with van der Waals surface area (Å²) in [6.45, 7) is 4.04. The van der Waals surface area contributed by atoms with E-state index in [2.05, 4.69) is 4.98 Å². The van der Waals surface area contributed by atoms with E-state index in [0.29, 0.717) is 23.8 Å². The summed E-state index contributed by atoms with van der Waals surface area (Å²) in [6, 6.07) is 13.6. The Morgan fingerprint density at radius 3 is 2.68 bits per heavy atom. The number of nitrogens with zero attached hydrogens (tertiary/aromatic N) is 2. The van der Waals surface area contributed by atoms with Crippen LogP contribution in [0.4, 0.5) is 5.13 Å². The first-order valence-electron chi connectivity index (χ1n) is 9.09. The average molecular weight is 398 g/mol. The number of benzene rings is 1. The summed E-state index contributed by atoms with van der Waals surface area (Å²) in [6.07, 6.45) is 0.704. The van der Waals surface area contributed by atoms with E-state index in [-0.39, 0.29) is 24.9 Å². The molecule has 1 aromatic carbocycles. The lowest BCUT2D eigenvalue weighted by atomic mass is 10.2. The van der Waals surface area contributed by atoms with Crippen LogP contribution in [0.15, 0.2) is 52.3 Å². The van der Waals surface area contributed by atoms with Crippen LogP contribution in [0.5, 0.6) is 0 Å². The normalized spacial score (nSPS) is 10.6. The number of aromatic nitrogens is 1. The predicted octanol–water partition coefficient (Wildman–Crippen LogP) is 4.45. The monoisotopic (exact) mass is 398 g/mol. The Labute approximate surface area is 167 Å². The number of carbonyl (C=O) groups excluding carboxylic acids is 2. The molecule has 0 unspecified atom stereocenters. The van der Waals surface area contributed by atoms with Gasteiger partial charge in [0.2, 0.25) is 5.91 Å². The third-order valence-corrected chi connectivity index (χ3v) is 5.06. The Balaban J connectivity index is 1.47. The van der Waals surface area contributed by atoms with Crippen LogP contribution >= 0.6 is 11.3 Å². The first-order chi connectivity index (χ1) is 13.6. The molecule has 0 radical (unpaired) electrons. The van der Waals surface area contributed by atoms with Crippen LogP contribution in [0.25, 0.3) is 11.3 Å².